The van der Waals surface area contributed by atoms with Crippen LogP contribution in [-0.2, 0) is 20.9 Å². The molecule has 1 aliphatic rings. The van der Waals surface area contributed by atoms with E-state index in [1.165, 1.54) is 5.56 Å². The Kier molecular flexibility index (Phi) is 5.55. The Morgan fingerprint density at radius 3 is 2.73 bits per heavy atom. The van der Waals surface area contributed by atoms with Crippen LogP contribution in [-0.4, -0.2) is 43.0 Å². The number of nitrogens with zero attached hydrogens (tertiary/aromatic N) is 1. The highest BCUT2D eigenvalue weighted by atomic mass is 16.5. The van der Waals surface area contributed by atoms with E-state index in [2.05, 4.69) is 5.32 Å². The molecule has 120 valence electrons. The molecular formula is C17H24N2O3. The second kappa shape index (κ2) is 7.40. The van der Waals surface area contributed by atoms with Crippen LogP contribution in [0.2, 0.25) is 0 Å². The maximum absolute atomic E-state index is 12.2. The standard InChI is InChI=1S/C17H24N2O3/c1-12-4-6-14(7-5-12)9-18-17(21)15-8-16(20)19(10-15)13(2)11-22-3/h4-7,13,15H,8-11H2,1-3H3,(H,18,21). The number of likely N-dealkylation sites (tertiary alicyclic amines) is 1. The average molecular weight is 304 g/mol. The summed E-state index contributed by atoms with van der Waals surface area (Å²) < 4.78 is 5.08. The lowest BCUT2D eigenvalue weighted by Gasteiger charge is -2.23. The molecule has 22 heavy (non-hydrogen) atoms. The first-order chi connectivity index (χ1) is 10.5. The SMILES string of the molecule is COCC(C)N1CC(C(=O)NCc2ccc(C)cc2)CC1=O. The number of hydrogen-bond donors (Lipinski definition) is 1. The minimum absolute atomic E-state index is 0.00685. The van der Waals surface area contributed by atoms with E-state index in [9.17, 15) is 9.59 Å². The first kappa shape index (κ1) is 16.5. The number of aryl methyl sites for hydroxylation is 1. The van der Waals surface area contributed by atoms with Gasteiger partial charge in [0.1, 0.15) is 0 Å². The van der Waals surface area contributed by atoms with E-state index in [0.717, 1.165) is 5.56 Å². The van der Waals surface area contributed by atoms with E-state index in [1.807, 2.05) is 38.1 Å². The highest BCUT2D eigenvalue weighted by molar-refractivity contribution is 5.89. The molecule has 2 rings (SSSR count). The third-order valence-electron chi connectivity index (χ3n) is 4.06. The molecule has 5 nitrogen and oxygen atoms in total. The van der Waals surface area contributed by atoms with Gasteiger partial charge in [-0.3, -0.25) is 9.59 Å². The number of methoxy groups -OCH3 is 1. The minimum Gasteiger partial charge on any atom is -0.383 e. The first-order valence-corrected chi connectivity index (χ1v) is 7.63. The number of rotatable bonds is 6. The Morgan fingerprint density at radius 1 is 1.41 bits per heavy atom. The summed E-state index contributed by atoms with van der Waals surface area (Å²) in [6.45, 7) is 5.43. The number of carbonyl (C=O) groups is 2. The zero-order valence-electron chi connectivity index (χ0n) is 13.5. The van der Waals surface area contributed by atoms with Crippen LogP contribution >= 0.6 is 0 Å². The van der Waals surface area contributed by atoms with Gasteiger partial charge in [-0.25, -0.2) is 0 Å². The Balaban J connectivity index is 1.85. The molecule has 1 N–H and O–H groups in total. The molecule has 1 saturated heterocycles. The quantitative estimate of drug-likeness (QED) is 0.866. The van der Waals surface area contributed by atoms with Crippen LogP contribution in [0.4, 0.5) is 0 Å². The number of benzene rings is 1. The van der Waals surface area contributed by atoms with Crippen molar-refractivity contribution in [3.8, 4) is 0 Å². The second-order valence-corrected chi connectivity index (χ2v) is 5.95. The fraction of sp³-hybridized carbons (Fsp3) is 0.529. The minimum atomic E-state index is -0.266. The number of hydrogen-bond acceptors (Lipinski definition) is 3. The molecule has 1 fully saturated rings. The lowest BCUT2D eigenvalue weighted by Crippen LogP contribution is -2.38. The van der Waals surface area contributed by atoms with Crippen LogP contribution in [0.5, 0.6) is 0 Å². The fourth-order valence-electron chi connectivity index (χ4n) is 2.70. The van der Waals surface area contributed by atoms with Gasteiger partial charge in [0, 0.05) is 26.6 Å². The summed E-state index contributed by atoms with van der Waals surface area (Å²) in [6, 6.07) is 8.06. The third-order valence-corrected chi connectivity index (χ3v) is 4.06. The number of amides is 2. The van der Waals surface area contributed by atoms with E-state index in [-0.39, 0.29) is 30.2 Å². The predicted molar refractivity (Wildman–Crippen MR) is 84.2 cm³/mol. The Bertz CT molecular complexity index is 527. The van der Waals surface area contributed by atoms with Gasteiger partial charge in [0.2, 0.25) is 11.8 Å². The van der Waals surface area contributed by atoms with Gasteiger partial charge in [0.05, 0.1) is 18.6 Å². The van der Waals surface area contributed by atoms with Crippen molar-refractivity contribution in [1.82, 2.24) is 10.2 Å². The molecule has 0 aliphatic carbocycles. The third kappa shape index (κ3) is 4.07. The van der Waals surface area contributed by atoms with Crippen LogP contribution in [0.15, 0.2) is 24.3 Å². The topological polar surface area (TPSA) is 58.6 Å². The maximum atomic E-state index is 12.2. The second-order valence-electron chi connectivity index (χ2n) is 5.95. The van der Waals surface area contributed by atoms with Crippen molar-refractivity contribution in [3.63, 3.8) is 0 Å². The van der Waals surface area contributed by atoms with Gasteiger partial charge >= 0.3 is 0 Å². The Hall–Kier alpha value is -1.88. The largest absolute Gasteiger partial charge is 0.383 e. The summed E-state index contributed by atoms with van der Waals surface area (Å²) in [7, 11) is 1.61. The number of nitrogens with one attached hydrogen (secondary N) is 1. The molecule has 0 aromatic heterocycles. The molecule has 1 aliphatic heterocycles. The Labute approximate surface area is 131 Å². The molecule has 2 amide bonds. The van der Waals surface area contributed by atoms with E-state index < -0.39 is 0 Å². The normalized spacial score (nSPS) is 19.3. The van der Waals surface area contributed by atoms with Crippen molar-refractivity contribution < 1.29 is 14.3 Å². The molecule has 1 aromatic carbocycles. The first-order valence-electron chi connectivity index (χ1n) is 7.63. The van der Waals surface area contributed by atoms with Crippen LogP contribution in [0.1, 0.15) is 24.5 Å². The van der Waals surface area contributed by atoms with Gasteiger partial charge in [-0.15, -0.1) is 0 Å². The van der Waals surface area contributed by atoms with E-state index in [1.54, 1.807) is 12.0 Å². The van der Waals surface area contributed by atoms with Gasteiger partial charge in [-0.05, 0) is 19.4 Å². The van der Waals surface area contributed by atoms with Gasteiger partial charge in [0.25, 0.3) is 0 Å². The smallest absolute Gasteiger partial charge is 0.225 e. The Morgan fingerprint density at radius 2 is 2.09 bits per heavy atom. The van der Waals surface area contributed by atoms with Gasteiger partial charge < -0.3 is 15.0 Å². The van der Waals surface area contributed by atoms with Crippen LogP contribution in [0.25, 0.3) is 0 Å². The van der Waals surface area contributed by atoms with Crippen molar-refractivity contribution in [2.45, 2.75) is 32.9 Å². The van der Waals surface area contributed by atoms with Crippen LogP contribution in [0.3, 0.4) is 0 Å². The molecule has 0 radical (unpaired) electrons. The molecular weight excluding hydrogens is 280 g/mol. The fourth-order valence-corrected chi connectivity index (χ4v) is 2.70. The van der Waals surface area contributed by atoms with Gasteiger partial charge in [0.15, 0.2) is 0 Å². The highest BCUT2D eigenvalue weighted by Crippen LogP contribution is 2.20. The van der Waals surface area contributed by atoms with Crippen molar-refractivity contribution in [2.24, 2.45) is 5.92 Å². The van der Waals surface area contributed by atoms with Crippen molar-refractivity contribution in [3.05, 3.63) is 35.4 Å². The van der Waals surface area contributed by atoms with E-state index in [0.29, 0.717) is 19.7 Å². The monoisotopic (exact) mass is 304 g/mol. The molecule has 0 bridgehead atoms. The molecule has 1 heterocycles. The van der Waals surface area contributed by atoms with Crippen molar-refractivity contribution >= 4 is 11.8 Å². The van der Waals surface area contributed by atoms with Crippen LogP contribution in [0, 0.1) is 12.8 Å². The molecule has 0 spiro atoms. The predicted octanol–water partition coefficient (Wildman–Crippen LogP) is 1.49. The maximum Gasteiger partial charge on any atom is 0.225 e. The molecule has 2 unspecified atom stereocenters. The lowest BCUT2D eigenvalue weighted by atomic mass is 10.1. The average Bonchev–Trinajstić information content (AvgIpc) is 2.89. The van der Waals surface area contributed by atoms with E-state index >= 15 is 0 Å². The van der Waals surface area contributed by atoms with Crippen LogP contribution < -0.4 is 5.32 Å². The zero-order valence-corrected chi connectivity index (χ0v) is 13.5. The summed E-state index contributed by atoms with van der Waals surface area (Å²) in [5, 5.41) is 2.92. The molecule has 0 saturated carbocycles. The summed E-state index contributed by atoms with van der Waals surface area (Å²) in [5.74, 6) is -0.293. The van der Waals surface area contributed by atoms with Gasteiger partial charge in [-0.2, -0.15) is 0 Å². The number of carbonyl (C=O) groups excluding carboxylic acids is 2. The van der Waals surface area contributed by atoms with Gasteiger partial charge in [-0.1, -0.05) is 29.8 Å². The molecule has 1 aromatic rings. The summed E-state index contributed by atoms with van der Waals surface area (Å²) in [4.78, 5) is 26.0. The molecule has 5 heteroatoms. The summed E-state index contributed by atoms with van der Waals surface area (Å²) in [5.41, 5.74) is 2.26. The summed E-state index contributed by atoms with van der Waals surface area (Å²) in [6.07, 6.45) is 0.286. The van der Waals surface area contributed by atoms with Crippen molar-refractivity contribution in [2.75, 3.05) is 20.3 Å². The van der Waals surface area contributed by atoms with Crippen molar-refractivity contribution in [1.29, 1.82) is 0 Å². The molecule has 2 atom stereocenters. The highest BCUT2D eigenvalue weighted by Gasteiger charge is 2.36. The lowest BCUT2D eigenvalue weighted by molar-refractivity contribution is -0.130. The number of ether oxygens (including phenoxy) is 1. The zero-order chi connectivity index (χ0) is 16.1. The summed E-state index contributed by atoms with van der Waals surface area (Å²) >= 11 is 0. The van der Waals surface area contributed by atoms with E-state index in [4.69, 9.17) is 4.74 Å².